The van der Waals surface area contributed by atoms with Gasteiger partial charge in [-0.1, -0.05) is 55.0 Å². The summed E-state index contributed by atoms with van der Waals surface area (Å²) in [7, 11) is 0. The van der Waals surface area contributed by atoms with Crippen LogP contribution in [0.5, 0.6) is 0 Å². The Bertz CT molecular complexity index is 982. The predicted octanol–water partition coefficient (Wildman–Crippen LogP) is 3.10. The van der Waals surface area contributed by atoms with Crippen LogP contribution in [0.15, 0.2) is 54.6 Å². The lowest BCUT2D eigenvalue weighted by atomic mass is 9.87. The molecule has 0 bridgehead atoms. The summed E-state index contributed by atoms with van der Waals surface area (Å²) in [5, 5.41) is 11.7. The number of nitriles is 1. The largest absolute Gasteiger partial charge is 0.325 e. The predicted molar refractivity (Wildman–Crippen MR) is 112 cm³/mol. The average Bonchev–Trinajstić information content (AvgIpc) is 3.01. The van der Waals surface area contributed by atoms with Crippen LogP contribution in [-0.4, -0.2) is 35.8 Å². The van der Waals surface area contributed by atoms with E-state index in [1.165, 1.54) is 4.90 Å². The van der Waals surface area contributed by atoms with Crippen LogP contribution < -0.4 is 10.2 Å². The number of hydrogen-bond donors (Lipinski definition) is 1. The maximum Gasteiger partial charge on any atom is 0.325 e. The van der Waals surface area contributed by atoms with E-state index in [2.05, 4.69) is 5.32 Å². The third-order valence-electron chi connectivity index (χ3n) is 5.36. The number of carbonyl (C=O) groups excluding carboxylic acids is 3. The summed E-state index contributed by atoms with van der Waals surface area (Å²) < 4.78 is 0. The van der Waals surface area contributed by atoms with E-state index in [9.17, 15) is 14.4 Å². The molecular formula is C23H24N4O3. The second-order valence-electron chi connectivity index (χ2n) is 7.24. The normalized spacial score (nSPS) is 18.1. The smallest absolute Gasteiger partial charge is 0.319 e. The summed E-state index contributed by atoms with van der Waals surface area (Å²) in [5.41, 5.74) is 1.16. The zero-order valence-corrected chi connectivity index (χ0v) is 17.1. The lowest BCUT2D eigenvalue weighted by Crippen LogP contribution is -2.46. The van der Waals surface area contributed by atoms with E-state index < -0.39 is 29.9 Å². The van der Waals surface area contributed by atoms with Crippen molar-refractivity contribution in [3.8, 4) is 6.07 Å². The lowest BCUT2D eigenvalue weighted by molar-refractivity contribution is -0.134. The highest BCUT2D eigenvalue weighted by Gasteiger charge is 2.51. The molecule has 0 aliphatic carbocycles. The van der Waals surface area contributed by atoms with Gasteiger partial charge in [0.15, 0.2) is 0 Å². The van der Waals surface area contributed by atoms with Gasteiger partial charge in [0.1, 0.15) is 12.1 Å². The van der Waals surface area contributed by atoms with Gasteiger partial charge in [-0.3, -0.25) is 14.5 Å². The Balaban J connectivity index is 1.85. The maximum atomic E-state index is 13.2. The fraction of sp³-hybridized carbons (Fsp3) is 0.304. The van der Waals surface area contributed by atoms with Gasteiger partial charge in [-0.2, -0.15) is 5.26 Å². The fourth-order valence-corrected chi connectivity index (χ4v) is 3.64. The molecule has 7 heteroatoms. The Morgan fingerprint density at radius 2 is 1.80 bits per heavy atom. The maximum absolute atomic E-state index is 13.2. The average molecular weight is 404 g/mol. The van der Waals surface area contributed by atoms with Crippen LogP contribution in [0.25, 0.3) is 0 Å². The quantitative estimate of drug-likeness (QED) is 0.718. The van der Waals surface area contributed by atoms with Gasteiger partial charge >= 0.3 is 6.03 Å². The van der Waals surface area contributed by atoms with E-state index in [0.717, 1.165) is 10.5 Å². The molecule has 3 rings (SSSR count). The monoisotopic (exact) mass is 404 g/mol. The number of carbonyl (C=O) groups is 3. The van der Waals surface area contributed by atoms with Crippen molar-refractivity contribution in [2.45, 2.75) is 32.2 Å². The summed E-state index contributed by atoms with van der Waals surface area (Å²) in [6, 6.07) is 17.8. The first-order chi connectivity index (χ1) is 14.4. The first kappa shape index (κ1) is 21.1. The van der Waals surface area contributed by atoms with Crippen molar-refractivity contribution in [1.82, 2.24) is 10.2 Å². The van der Waals surface area contributed by atoms with E-state index in [0.29, 0.717) is 17.7 Å². The summed E-state index contributed by atoms with van der Waals surface area (Å²) in [6.45, 7) is 3.55. The first-order valence-corrected chi connectivity index (χ1v) is 9.86. The number of benzene rings is 2. The standard InChI is InChI=1S/C23H24N4O3/c1-3-23(18-8-5-4-6-9-18)21(29)27(22(30)25-23)16-20(28)26(15-7-14-24)19-12-10-17(2)11-13-19/h4-6,8-13H,3,7,15-16H2,1-2H3,(H,25,30). The van der Waals surface area contributed by atoms with Crippen molar-refractivity contribution in [2.24, 2.45) is 0 Å². The van der Waals surface area contributed by atoms with Crippen LogP contribution >= 0.6 is 0 Å². The number of anilines is 1. The highest BCUT2D eigenvalue weighted by molar-refractivity contribution is 6.10. The second-order valence-corrected chi connectivity index (χ2v) is 7.24. The molecule has 1 fully saturated rings. The Hall–Kier alpha value is -3.66. The van der Waals surface area contributed by atoms with Crippen molar-refractivity contribution in [3.63, 3.8) is 0 Å². The summed E-state index contributed by atoms with van der Waals surface area (Å²) in [6.07, 6.45) is 0.505. The molecule has 7 nitrogen and oxygen atoms in total. The van der Waals surface area contributed by atoms with Crippen molar-refractivity contribution < 1.29 is 14.4 Å². The SMILES string of the molecule is CCC1(c2ccccc2)NC(=O)N(CC(=O)N(CCC#N)c2ccc(C)cc2)C1=O. The van der Waals surface area contributed by atoms with Gasteiger partial charge in [0.25, 0.3) is 5.91 Å². The minimum atomic E-state index is -1.18. The van der Waals surface area contributed by atoms with Crippen molar-refractivity contribution >= 4 is 23.5 Å². The highest BCUT2D eigenvalue weighted by atomic mass is 16.2. The van der Waals surface area contributed by atoms with E-state index in [4.69, 9.17) is 5.26 Å². The molecule has 0 aromatic heterocycles. The molecule has 1 saturated heterocycles. The molecule has 1 heterocycles. The fourth-order valence-electron chi connectivity index (χ4n) is 3.64. The Kier molecular flexibility index (Phi) is 6.17. The highest BCUT2D eigenvalue weighted by Crippen LogP contribution is 2.32. The third kappa shape index (κ3) is 3.90. The van der Waals surface area contributed by atoms with Crippen molar-refractivity contribution in [1.29, 1.82) is 5.26 Å². The Morgan fingerprint density at radius 3 is 2.40 bits per heavy atom. The zero-order valence-electron chi connectivity index (χ0n) is 17.1. The molecule has 30 heavy (non-hydrogen) atoms. The molecule has 154 valence electrons. The van der Waals surface area contributed by atoms with E-state index in [1.54, 1.807) is 36.4 Å². The first-order valence-electron chi connectivity index (χ1n) is 9.86. The Labute approximate surface area is 175 Å². The molecule has 2 aromatic rings. The van der Waals surface area contributed by atoms with Crippen molar-refractivity contribution in [3.05, 3.63) is 65.7 Å². The molecule has 4 amide bonds. The van der Waals surface area contributed by atoms with E-state index in [-0.39, 0.29) is 13.0 Å². The van der Waals surface area contributed by atoms with Crippen LogP contribution in [0.2, 0.25) is 0 Å². The molecule has 0 saturated carbocycles. The number of hydrogen-bond acceptors (Lipinski definition) is 4. The van der Waals surface area contributed by atoms with E-state index in [1.807, 2.05) is 38.1 Å². The molecule has 1 unspecified atom stereocenters. The molecule has 2 aromatic carbocycles. The molecular weight excluding hydrogens is 380 g/mol. The molecule has 0 spiro atoms. The number of urea groups is 1. The third-order valence-corrected chi connectivity index (χ3v) is 5.36. The molecule has 0 radical (unpaired) electrons. The molecule has 1 aliphatic heterocycles. The van der Waals surface area contributed by atoms with Gasteiger partial charge in [-0.05, 0) is 31.0 Å². The number of amides is 4. The second kappa shape index (κ2) is 8.78. The van der Waals surface area contributed by atoms with Crippen LogP contribution in [0.1, 0.15) is 30.9 Å². The van der Waals surface area contributed by atoms with E-state index >= 15 is 0 Å². The summed E-state index contributed by atoms with van der Waals surface area (Å²) >= 11 is 0. The summed E-state index contributed by atoms with van der Waals surface area (Å²) in [5.74, 6) is -0.865. The Morgan fingerprint density at radius 1 is 1.13 bits per heavy atom. The van der Waals surface area contributed by atoms with Gasteiger partial charge in [-0.15, -0.1) is 0 Å². The minimum Gasteiger partial charge on any atom is -0.319 e. The minimum absolute atomic E-state index is 0.142. The number of nitrogens with one attached hydrogen (secondary N) is 1. The van der Waals surface area contributed by atoms with Crippen LogP contribution in [0, 0.1) is 18.3 Å². The molecule has 1 atom stereocenters. The lowest BCUT2D eigenvalue weighted by Gasteiger charge is -2.27. The number of nitrogens with zero attached hydrogens (tertiary/aromatic N) is 3. The number of rotatable bonds is 7. The van der Waals surface area contributed by atoms with Gasteiger partial charge < -0.3 is 10.2 Å². The van der Waals surface area contributed by atoms with Gasteiger partial charge in [0.05, 0.1) is 12.5 Å². The summed E-state index contributed by atoms with van der Waals surface area (Å²) in [4.78, 5) is 41.4. The topological polar surface area (TPSA) is 93.5 Å². The van der Waals surface area contributed by atoms with Gasteiger partial charge in [0, 0.05) is 12.2 Å². The van der Waals surface area contributed by atoms with Crippen LogP contribution in [-0.2, 0) is 15.1 Å². The van der Waals surface area contributed by atoms with Crippen molar-refractivity contribution in [2.75, 3.05) is 18.0 Å². The van der Waals surface area contributed by atoms with Crippen LogP contribution in [0.3, 0.4) is 0 Å². The van der Waals surface area contributed by atoms with Gasteiger partial charge in [0.2, 0.25) is 5.91 Å². The number of imide groups is 1. The zero-order chi connectivity index (χ0) is 21.7. The van der Waals surface area contributed by atoms with Crippen LogP contribution in [0.4, 0.5) is 10.5 Å². The molecule has 1 N–H and O–H groups in total. The molecule has 1 aliphatic rings. The number of aryl methyl sites for hydroxylation is 1. The van der Waals surface area contributed by atoms with Gasteiger partial charge in [-0.25, -0.2) is 4.79 Å².